The third-order valence-electron chi connectivity index (χ3n) is 7.12. The van der Waals surface area contributed by atoms with Gasteiger partial charge < -0.3 is 9.67 Å². The number of pyridine rings is 1. The number of hydrogen-bond donors (Lipinski definition) is 1. The number of rotatable bonds is 6. The van der Waals surface area contributed by atoms with E-state index in [0.717, 1.165) is 12.5 Å². The van der Waals surface area contributed by atoms with E-state index in [1.54, 1.807) is 12.1 Å². The predicted octanol–water partition coefficient (Wildman–Crippen LogP) is 6.37. The van der Waals surface area contributed by atoms with Crippen LogP contribution in [-0.2, 0) is 24.6 Å². The number of carboxylic acid groups (broad SMARTS) is 1. The highest BCUT2D eigenvalue weighted by atomic mass is 35.5. The number of halogens is 5. The minimum Gasteiger partial charge on any atom is -0.481 e. The van der Waals surface area contributed by atoms with E-state index < -0.39 is 23.6 Å². The lowest BCUT2D eigenvalue weighted by atomic mass is 9.84. The van der Waals surface area contributed by atoms with Gasteiger partial charge in [-0.25, -0.2) is 4.98 Å². The minimum atomic E-state index is -4.62. The Bertz CT molecular complexity index is 1390. The molecule has 3 aromatic rings. The highest BCUT2D eigenvalue weighted by molar-refractivity contribution is 6.41. The van der Waals surface area contributed by atoms with E-state index in [9.17, 15) is 22.8 Å². The molecule has 37 heavy (non-hydrogen) atoms. The summed E-state index contributed by atoms with van der Waals surface area (Å²) in [6.07, 6.45) is -3.74. The van der Waals surface area contributed by atoms with Crippen LogP contribution in [0, 0.1) is 18.8 Å². The molecule has 0 amide bonds. The number of piperidine rings is 1. The summed E-state index contributed by atoms with van der Waals surface area (Å²) in [7, 11) is 1.48. The molecular weight excluding hydrogens is 530 g/mol. The molecule has 1 aliphatic rings. The highest BCUT2D eigenvalue weighted by Gasteiger charge is 2.34. The highest BCUT2D eigenvalue weighted by Crippen LogP contribution is 2.35. The van der Waals surface area contributed by atoms with Gasteiger partial charge in [-0.15, -0.1) is 0 Å². The number of aromatic nitrogens is 2. The first-order valence-electron chi connectivity index (χ1n) is 11.8. The topological polar surface area (TPSA) is 75.4 Å². The number of fused-ring (bicyclic) bond motifs is 1. The van der Waals surface area contributed by atoms with Crippen LogP contribution < -0.4 is 0 Å². The minimum absolute atomic E-state index is 0.0392. The number of nitrogens with zero attached hydrogens (tertiary/aromatic N) is 3. The van der Waals surface area contributed by atoms with Crippen LogP contribution in [0.3, 0.4) is 0 Å². The van der Waals surface area contributed by atoms with Crippen LogP contribution in [0.1, 0.15) is 52.6 Å². The van der Waals surface area contributed by atoms with Crippen molar-refractivity contribution >= 4 is 46.0 Å². The number of aliphatic carboxylic acids is 1. The Balaban J connectivity index is 1.65. The van der Waals surface area contributed by atoms with Crippen LogP contribution >= 0.6 is 23.2 Å². The Hall–Kier alpha value is -2.62. The van der Waals surface area contributed by atoms with Crippen molar-refractivity contribution in [3.05, 3.63) is 62.4 Å². The van der Waals surface area contributed by atoms with Crippen LogP contribution in [0.4, 0.5) is 13.2 Å². The molecule has 0 bridgehead atoms. The van der Waals surface area contributed by atoms with Crippen molar-refractivity contribution in [1.29, 1.82) is 0 Å². The fourth-order valence-electron chi connectivity index (χ4n) is 5.06. The molecule has 198 valence electrons. The molecule has 1 N–H and O–H groups in total. The van der Waals surface area contributed by atoms with Gasteiger partial charge in [-0.3, -0.25) is 14.5 Å². The van der Waals surface area contributed by atoms with Crippen LogP contribution in [0.15, 0.2) is 24.3 Å². The summed E-state index contributed by atoms with van der Waals surface area (Å²) in [4.78, 5) is 30.6. The Kier molecular flexibility index (Phi) is 7.61. The van der Waals surface area contributed by atoms with E-state index in [1.165, 1.54) is 24.6 Å². The second-order valence-corrected chi connectivity index (χ2v) is 10.5. The number of carboxylic acids is 1. The lowest BCUT2D eigenvalue weighted by molar-refractivity contribution is -0.141. The third kappa shape index (κ3) is 5.49. The third-order valence-corrected chi connectivity index (χ3v) is 7.87. The molecule has 0 saturated carbocycles. The molecule has 1 aromatic carbocycles. The Morgan fingerprint density at radius 1 is 1.22 bits per heavy atom. The first-order chi connectivity index (χ1) is 17.3. The van der Waals surface area contributed by atoms with Crippen molar-refractivity contribution in [1.82, 2.24) is 14.5 Å². The lowest BCUT2D eigenvalue weighted by Crippen LogP contribution is -2.39. The van der Waals surface area contributed by atoms with Crippen LogP contribution in [0.25, 0.3) is 11.0 Å². The van der Waals surface area contributed by atoms with E-state index >= 15 is 0 Å². The second kappa shape index (κ2) is 10.3. The molecule has 2 aromatic heterocycles. The fourth-order valence-corrected chi connectivity index (χ4v) is 5.66. The van der Waals surface area contributed by atoms with Gasteiger partial charge in [-0.2, -0.15) is 13.2 Å². The molecule has 6 nitrogen and oxygen atoms in total. The smallest absolute Gasteiger partial charge is 0.433 e. The number of carbonyl (C=O) groups excluding carboxylic acids is 1. The van der Waals surface area contributed by atoms with Gasteiger partial charge >= 0.3 is 12.1 Å². The summed E-state index contributed by atoms with van der Waals surface area (Å²) >= 11 is 13.1. The predicted molar refractivity (Wildman–Crippen MR) is 135 cm³/mol. The van der Waals surface area contributed by atoms with Gasteiger partial charge in [0.05, 0.1) is 21.3 Å². The Morgan fingerprint density at radius 3 is 2.54 bits per heavy atom. The standard InChI is InChI=1S/C26H26Cl2F3N3O3/c1-13-8-20(26(29,30)31)32-25-17(13)10-19(33(25)3)24(37)22-18(27)5-4-16(23(22)28)12-34-7-6-15(9-21(35)36)14(2)11-34/h4-5,8,10,14-15H,6-7,9,11-12H2,1-3H3,(H,35,36)/t14-,15-/m0/s1. The molecule has 0 aliphatic carbocycles. The molecule has 0 radical (unpaired) electrons. The van der Waals surface area contributed by atoms with Crippen molar-refractivity contribution in [2.45, 2.75) is 39.4 Å². The van der Waals surface area contributed by atoms with Gasteiger partial charge in [-0.05, 0) is 61.1 Å². The molecule has 4 rings (SSSR count). The van der Waals surface area contributed by atoms with E-state index in [0.29, 0.717) is 36.1 Å². The summed E-state index contributed by atoms with van der Waals surface area (Å²) in [6, 6.07) is 5.80. The fraction of sp³-hybridized carbons (Fsp3) is 0.423. The van der Waals surface area contributed by atoms with E-state index in [2.05, 4.69) is 9.88 Å². The van der Waals surface area contributed by atoms with Crippen LogP contribution in [0.5, 0.6) is 0 Å². The molecule has 0 spiro atoms. The van der Waals surface area contributed by atoms with Crippen molar-refractivity contribution in [2.75, 3.05) is 13.1 Å². The number of alkyl halides is 3. The first-order valence-corrected chi connectivity index (χ1v) is 12.5. The summed E-state index contributed by atoms with van der Waals surface area (Å²) in [5.74, 6) is -1.03. The zero-order chi connectivity index (χ0) is 27.2. The number of hydrogen-bond acceptors (Lipinski definition) is 4. The van der Waals surface area contributed by atoms with Gasteiger partial charge in [0.2, 0.25) is 5.78 Å². The van der Waals surface area contributed by atoms with E-state index in [1.807, 2.05) is 6.92 Å². The number of aryl methyl sites for hydroxylation is 2. The number of ketones is 1. The molecule has 0 unspecified atom stereocenters. The van der Waals surface area contributed by atoms with Gasteiger partial charge in [-0.1, -0.05) is 36.2 Å². The lowest BCUT2D eigenvalue weighted by Gasteiger charge is -2.36. The van der Waals surface area contributed by atoms with E-state index in [4.69, 9.17) is 28.3 Å². The average molecular weight is 556 g/mol. The van der Waals surface area contributed by atoms with E-state index in [-0.39, 0.29) is 45.2 Å². The quantitative estimate of drug-likeness (QED) is 0.357. The van der Waals surface area contributed by atoms with Crippen molar-refractivity contribution in [3.63, 3.8) is 0 Å². The number of benzene rings is 1. The molecule has 1 saturated heterocycles. The monoisotopic (exact) mass is 555 g/mol. The summed E-state index contributed by atoms with van der Waals surface area (Å²) in [5.41, 5.74) is 0.238. The Morgan fingerprint density at radius 2 is 1.92 bits per heavy atom. The van der Waals surface area contributed by atoms with Crippen molar-refractivity contribution < 1.29 is 27.9 Å². The SMILES string of the molecule is Cc1cc(C(F)(F)F)nc2c1cc(C(=O)c1c(Cl)ccc(CN3CC[C@@H](CC(=O)O)[C@@H](C)C3)c1Cl)n2C. The molecule has 2 atom stereocenters. The number of carbonyl (C=O) groups is 2. The summed E-state index contributed by atoms with van der Waals surface area (Å²) < 4.78 is 41.2. The first kappa shape index (κ1) is 27.4. The zero-order valence-electron chi connectivity index (χ0n) is 20.5. The molecular formula is C26H26Cl2F3N3O3. The van der Waals surface area contributed by atoms with Gasteiger partial charge in [0.1, 0.15) is 11.3 Å². The molecule has 1 fully saturated rings. The molecule has 11 heteroatoms. The van der Waals surface area contributed by atoms with Crippen LogP contribution in [0.2, 0.25) is 10.0 Å². The Labute approximate surface area is 222 Å². The largest absolute Gasteiger partial charge is 0.481 e. The maximum Gasteiger partial charge on any atom is 0.433 e. The maximum absolute atomic E-state index is 13.6. The molecule has 3 heterocycles. The number of likely N-dealkylation sites (tertiary alicyclic amines) is 1. The summed E-state index contributed by atoms with van der Waals surface area (Å²) in [5, 5.41) is 9.87. The molecule has 1 aliphatic heterocycles. The zero-order valence-corrected chi connectivity index (χ0v) is 22.0. The van der Waals surface area contributed by atoms with Gasteiger partial charge in [0.25, 0.3) is 0 Å². The van der Waals surface area contributed by atoms with Gasteiger partial charge in [0, 0.05) is 31.9 Å². The van der Waals surface area contributed by atoms with Crippen molar-refractivity contribution in [2.24, 2.45) is 18.9 Å². The second-order valence-electron chi connectivity index (χ2n) is 9.73. The van der Waals surface area contributed by atoms with Crippen molar-refractivity contribution in [3.8, 4) is 0 Å². The summed E-state index contributed by atoms with van der Waals surface area (Å²) in [6.45, 7) is 5.40. The average Bonchev–Trinajstić information content (AvgIpc) is 3.14. The van der Waals surface area contributed by atoms with Crippen LogP contribution in [-0.4, -0.2) is 44.4 Å². The normalized spacial score (nSPS) is 18.9. The maximum atomic E-state index is 13.6. The van der Waals surface area contributed by atoms with Gasteiger partial charge in [0.15, 0.2) is 0 Å².